The Labute approximate surface area is 263 Å². The molecule has 1 aliphatic rings. The molecule has 2 aromatic carbocycles. The fourth-order valence-corrected chi connectivity index (χ4v) is 6.10. The summed E-state index contributed by atoms with van der Waals surface area (Å²) in [5, 5.41) is 0.395. The van der Waals surface area contributed by atoms with Gasteiger partial charge in [-0.25, -0.2) is 17.9 Å². The maximum Gasteiger partial charge on any atom is 0.426 e. The van der Waals surface area contributed by atoms with Gasteiger partial charge in [0.15, 0.2) is 0 Å². The second-order valence-electron chi connectivity index (χ2n) is 12.1. The van der Waals surface area contributed by atoms with E-state index in [9.17, 15) is 13.2 Å². The molecule has 0 fully saturated rings. The van der Waals surface area contributed by atoms with Gasteiger partial charge >= 0.3 is 6.09 Å². The van der Waals surface area contributed by atoms with Gasteiger partial charge in [-0.1, -0.05) is 46.5 Å². The molecule has 6 nitrogen and oxygen atoms in total. The highest BCUT2D eigenvalue weighted by molar-refractivity contribution is 7.90. The van der Waals surface area contributed by atoms with Crippen LogP contribution in [-0.4, -0.2) is 20.1 Å². The van der Waals surface area contributed by atoms with E-state index in [0.29, 0.717) is 10.8 Å². The van der Waals surface area contributed by atoms with Gasteiger partial charge < -0.3 is 9.47 Å². The summed E-state index contributed by atoms with van der Waals surface area (Å²) in [6.45, 7) is 14.6. The molecule has 1 atom stereocenters. The van der Waals surface area contributed by atoms with Gasteiger partial charge in [0.1, 0.15) is 17.1 Å². The van der Waals surface area contributed by atoms with Gasteiger partial charge in [0, 0.05) is 5.02 Å². The van der Waals surface area contributed by atoms with Gasteiger partial charge in [0.05, 0.1) is 4.90 Å². The molecule has 0 spiro atoms. The van der Waals surface area contributed by atoms with Crippen molar-refractivity contribution in [3.8, 4) is 11.5 Å². The maximum atomic E-state index is 12.6. The van der Waals surface area contributed by atoms with Crippen molar-refractivity contribution in [2.24, 2.45) is 0 Å². The number of sulfonamides is 1. The number of halogens is 1. The Balaban J connectivity index is 1.57. The van der Waals surface area contributed by atoms with E-state index in [1.165, 1.54) is 41.0 Å². The van der Waals surface area contributed by atoms with Crippen molar-refractivity contribution in [2.75, 3.05) is 0 Å². The van der Waals surface area contributed by atoms with Crippen molar-refractivity contribution in [3.63, 3.8) is 0 Å². The number of hydrogen-bond acceptors (Lipinski definition) is 5. The molecule has 0 radical (unpaired) electrons. The molecule has 1 amide bonds. The topological polar surface area (TPSA) is 81.7 Å². The molecule has 1 N–H and O–H groups in total. The molecule has 1 aliphatic heterocycles. The molecule has 8 heteroatoms. The van der Waals surface area contributed by atoms with E-state index in [1.54, 1.807) is 6.07 Å². The van der Waals surface area contributed by atoms with E-state index in [1.807, 2.05) is 18.6 Å². The number of ether oxygens (including phenoxy) is 2. The zero-order chi connectivity index (χ0) is 31.8. The van der Waals surface area contributed by atoms with Gasteiger partial charge in [-0.2, -0.15) is 0 Å². The molecule has 0 aromatic heterocycles. The van der Waals surface area contributed by atoms with Crippen LogP contribution in [0.25, 0.3) is 0 Å². The molecule has 3 rings (SSSR count). The number of rotatable bonds is 12. The van der Waals surface area contributed by atoms with Crippen molar-refractivity contribution in [2.45, 2.75) is 110 Å². The first kappa shape index (κ1) is 34.5. The molecule has 0 saturated carbocycles. The summed E-state index contributed by atoms with van der Waals surface area (Å²) >= 11 is 5.84. The van der Waals surface area contributed by atoms with Crippen LogP contribution in [0, 0.1) is 13.8 Å². The SMILES string of the molecule is CC(C)=CCC/C(C)=C/CC/C(C)=C/CC[C@]1(C)CCc2cc(OC(=O)NS(=O)(=O)c3ccc(Cl)cc3)c(C)c(C)c2O1. The highest BCUT2D eigenvalue weighted by Crippen LogP contribution is 2.42. The largest absolute Gasteiger partial charge is 0.487 e. The summed E-state index contributed by atoms with van der Waals surface area (Å²) in [5.74, 6) is 1.13. The first-order valence-electron chi connectivity index (χ1n) is 15.0. The van der Waals surface area contributed by atoms with E-state index in [-0.39, 0.29) is 10.5 Å². The second-order valence-corrected chi connectivity index (χ2v) is 14.2. The minimum Gasteiger partial charge on any atom is -0.487 e. The smallest absolute Gasteiger partial charge is 0.426 e. The zero-order valence-corrected chi connectivity index (χ0v) is 28.2. The highest BCUT2D eigenvalue weighted by Gasteiger charge is 2.33. The molecule has 43 heavy (non-hydrogen) atoms. The normalized spacial score (nSPS) is 17.1. The van der Waals surface area contributed by atoms with Crippen molar-refractivity contribution >= 4 is 27.7 Å². The molecule has 0 bridgehead atoms. The summed E-state index contributed by atoms with van der Waals surface area (Å²) in [4.78, 5) is 12.5. The first-order chi connectivity index (χ1) is 20.2. The number of aryl methyl sites for hydroxylation is 1. The van der Waals surface area contributed by atoms with Gasteiger partial charge in [0.25, 0.3) is 10.0 Å². The lowest BCUT2D eigenvalue weighted by Crippen LogP contribution is -2.37. The van der Waals surface area contributed by atoms with Crippen molar-refractivity contribution in [1.82, 2.24) is 4.72 Å². The Kier molecular flexibility index (Phi) is 12.1. The van der Waals surface area contributed by atoms with Crippen LogP contribution in [0.1, 0.15) is 96.3 Å². The molecule has 1 heterocycles. The molecule has 234 valence electrons. The lowest BCUT2D eigenvalue weighted by Gasteiger charge is -2.37. The van der Waals surface area contributed by atoms with Gasteiger partial charge in [-0.15, -0.1) is 0 Å². The number of allylic oxidation sites excluding steroid dienone is 6. The van der Waals surface area contributed by atoms with Gasteiger partial charge in [0.2, 0.25) is 0 Å². The third-order valence-electron chi connectivity index (χ3n) is 7.97. The highest BCUT2D eigenvalue weighted by atomic mass is 35.5. The fraction of sp³-hybridized carbons (Fsp3) is 0.457. The molecular weight excluding hydrogens is 582 g/mol. The first-order valence-corrected chi connectivity index (χ1v) is 16.8. The Morgan fingerprint density at radius 1 is 0.977 bits per heavy atom. The average Bonchev–Trinajstić information content (AvgIpc) is 2.92. The minimum absolute atomic E-state index is 0.0809. The van der Waals surface area contributed by atoms with Crippen molar-refractivity contribution < 1.29 is 22.7 Å². The predicted molar refractivity (Wildman–Crippen MR) is 176 cm³/mol. The van der Waals surface area contributed by atoms with Crippen LogP contribution in [0.15, 0.2) is 70.2 Å². The maximum absolute atomic E-state index is 12.6. The summed E-state index contributed by atoms with van der Waals surface area (Å²) in [7, 11) is -4.10. The molecule has 0 aliphatic carbocycles. The fourth-order valence-electron chi connectivity index (χ4n) is 5.10. The van der Waals surface area contributed by atoms with E-state index in [2.05, 4.69) is 52.8 Å². The van der Waals surface area contributed by atoms with Gasteiger partial charge in [-0.3, -0.25) is 0 Å². The zero-order valence-electron chi connectivity index (χ0n) is 26.6. The van der Waals surface area contributed by atoms with Crippen LogP contribution in [0.5, 0.6) is 11.5 Å². The van der Waals surface area contributed by atoms with E-state index < -0.39 is 16.1 Å². The van der Waals surface area contributed by atoms with Crippen LogP contribution in [0.4, 0.5) is 4.79 Å². The van der Waals surface area contributed by atoms with Crippen molar-refractivity contribution in [3.05, 3.63) is 87.0 Å². The summed E-state index contributed by atoms with van der Waals surface area (Å²) in [5.41, 5.74) is 6.48. The van der Waals surface area contributed by atoms with Crippen LogP contribution < -0.4 is 14.2 Å². The number of amides is 1. The predicted octanol–water partition coefficient (Wildman–Crippen LogP) is 9.72. The van der Waals surface area contributed by atoms with E-state index in [0.717, 1.165) is 73.8 Å². The van der Waals surface area contributed by atoms with Gasteiger partial charge in [-0.05, 0) is 147 Å². The number of carbonyl (C=O) groups is 1. The van der Waals surface area contributed by atoms with Crippen LogP contribution in [-0.2, 0) is 16.4 Å². The third-order valence-corrected chi connectivity index (χ3v) is 9.55. The van der Waals surface area contributed by atoms with Crippen molar-refractivity contribution in [1.29, 1.82) is 0 Å². The number of nitrogens with one attached hydrogen (secondary N) is 1. The molecule has 2 aromatic rings. The average molecular weight is 628 g/mol. The number of hydrogen-bond donors (Lipinski definition) is 1. The van der Waals surface area contributed by atoms with Crippen LogP contribution in [0.3, 0.4) is 0 Å². The number of benzene rings is 2. The van der Waals surface area contributed by atoms with Crippen LogP contribution in [0.2, 0.25) is 5.02 Å². The molecular formula is C35H46ClNO5S. The summed E-state index contributed by atoms with van der Waals surface area (Å²) in [6.07, 6.45) is 13.7. The minimum atomic E-state index is -4.10. The Morgan fingerprint density at radius 3 is 2.21 bits per heavy atom. The lowest BCUT2D eigenvalue weighted by molar-refractivity contribution is 0.0560. The Morgan fingerprint density at radius 2 is 1.58 bits per heavy atom. The van der Waals surface area contributed by atoms with Crippen LogP contribution >= 0.6 is 11.6 Å². The quantitative estimate of drug-likeness (QED) is 0.237. The lowest BCUT2D eigenvalue weighted by atomic mass is 9.86. The Hall–Kier alpha value is -3.03. The number of fused-ring (bicyclic) bond motifs is 1. The van der Waals surface area contributed by atoms with E-state index in [4.69, 9.17) is 21.1 Å². The summed E-state index contributed by atoms with van der Waals surface area (Å²) in [6, 6.07) is 7.32. The monoisotopic (exact) mass is 627 g/mol. The number of carbonyl (C=O) groups excluding carboxylic acids is 1. The molecule has 0 saturated heterocycles. The second kappa shape index (κ2) is 15.1. The standard InChI is InChI=1S/C35H46ClNO5S/c1-24(2)11-8-12-25(3)13-9-14-26(4)15-10-21-35(7)22-20-29-23-32(27(5)28(6)33(29)42-35)41-34(38)37-43(39,40)31-18-16-30(36)17-19-31/h11,13,15-19,23H,8-10,12,14,20-22H2,1-7H3,(H,37,38)/b25-13+,26-15+/t35-/m1/s1. The molecule has 0 unspecified atom stereocenters. The van der Waals surface area contributed by atoms with E-state index >= 15 is 0 Å². The third kappa shape index (κ3) is 10.3. The summed E-state index contributed by atoms with van der Waals surface area (Å²) < 4.78 is 39.2. The Bertz CT molecular complexity index is 1500.